The number of para-hydroxylation sites is 1. The molecule has 2 aliphatic rings. The Morgan fingerprint density at radius 1 is 1.00 bits per heavy atom. The van der Waals surface area contributed by atoms with E-state index < -0.39 is 23.4 Å². The molecular weight excluding hydrogens is 446 g/mol. The van der Waals surface area contributed by atoms with Crippen molar-refractivity contribution in [3.05, 3.63) is 66.2 Å². The number of nitrogens with one attached hydrogen (secondary N) is 3. The van der Waals surface area contributed by atoms with Crippen molar-refractivity contribution in [3.63, 3.8) is 0 Å². The fraction of sp³-hybridized carbons (Fsp3) is 0.385. The predicted octanol–water partition coefficient (Wildman–Crippen LogP) is 2.31. The van der Waals surface area contributed by atoms with E-state index >= 15 is 0 Å². The van der Waals surface area contributed by atoms with E-state index in [9.17, 15) is 19.2 Å². The Hall–Kier alpha value is -3.72. The normalized spacial score (nSPS) is 21.0. The molecule has 2 aromatic carbocycles. The van der Waals surface area contributed by atoms with E-state index in [0.29, 0.717) is 38.8 Å². The molecule has 2 saturated heterocycles. The predicted molar refractivity (Wildman–Crippen MR) is 131 cm³/mol. The van der Waals surface area contributed by atoms with Gasteiger partial charge in [0.2, 0.25) is 5.91 Å². The SMILES string of the molecule is C[C@]1(CCc2ccccc2)NC(=O)N(NC(=O)CN2CCC(C(=O)Nc3ccccc3)CC2)C1=O. The van der Waals surface area contributed by atoms with Gasteiger partial charge in [-0.2, -0.15) is 5.01 Å². The number of amides is 5. The Bertz CT molecular complexity index is 1070. The molecule has 0 saturated carbocycles. The highest BCUT2D eigenvalue weighted by molar-refractivity contribution is 6.07. The Morgan fingerprint density at radius 3 is 2.29 bits per heavy atom. The summed E-state index contributed by atoms with van der Waals surface area (Å²) < 4.78 is 0. The molecule has 0 aliphatic carbocycles. The van der Waals surface area contributed by atoms with E-state index in [1.165, 1.54) is 0 Å². The van der Waals surface area contributed by atoms with Gasteiger partial charge in [-0.05, 0) is 63.4 Å². The van der Waals surface area contributed by atoms with Crippen LogP contribution in [0.25, 0.3) is 0 Å². The summed E-state index contributed by atoms with van der Waals surface area (Å²) in [5.74, 6) is -1.05. The third kappa shape index (κ3) is 6.05. The third-order valence-electron chi connectivity index (χ3n) is 6.62. The van der Waals surface area contributed by atoms with Crippen molar-refractivity contribution in [1.29, 1.82) is 0 Å². The second kappa shape index (κ2) is 10.7. The van der Waals surface area contributed by atoms with Gasteiger partial charge in [-0.1, -0.05) is 48.5 Å². The second-order valence-electron chi connectivity index (χ2n) is 9.33. The molecule has 2 aliphatic heterocycles. The fourth-order valence-corrected chi connectivity index (χ4v) is 4.48. The lowest BCUT2D eigenvalue weighted by Gasteiger charge is -2.31. The molecule has 3 N–H and O–H groups in total. The van der Waals surface area contributed by atoms with Gasteiger partial charge in [-0.3, -0.25) is 24.7 Å². The number of hydrazine groups is 1. The first-order valence-corrected chi connectivity index (χ1v) is 11.9. The molecule has 9 nitrogen and oxygen atoms in total. The lowest BCUT2D eigenvalue weighted by atomic mass is 9.93. The molecule has 0 radical (unpaired) electrons. The number of carbonyl (C=O) groups excluding carboxylic acids is 4. The van der Waals surface area contributed by atoms with E-state index in [0.717, 1.165) is 16.3 Å². The average Bonchev–Trinajstić information content (AvgIpc) is 3.07. The number of carbonyl (C=O) groups is 4. The molecular formula is C26H31N5O4. The van der Waals surface area contributed by atoms with Crippen LogP contribution in [-0.4, -0.2) is 58.8 Å². The van der Waals surface area contributed by atoms with Crippen LogP contribution in [0.3, 0.4) is 0 Å². The van der Waals surface area contributed by atoms with Gasteiger partial charge in [0.15, 0.2) is 0 Å². The minimum atomic E-state index is -1.08. The van der Waals surface area contributed by atoms with Crippen molar-refractivity contribution in [2.45, 2.75) is 38.1 Å². The maximum atomic E-state index is 12.9. The summed E-state index contributed by atoms with van der Waals surface area (Å²) in [7, 11) is 0. The molecule has 2 fully saturated rings. The number of aryl methyl sites for hydroxylation is 1. The molecule has 9 heteroatoms. The van der Waals surface area contributed by atoms with Crippen LogP contribution in [0, 0.1) is 5.92 Å². The molecule has 4 rings (SSSR count). The summed E-state index contributed by atoms with van der Waals surface area (Å²) in [6.45, 7) is 2.88. The average molecular weight is 478 g/mol. The van der Waals surface area contributed by atoms with E-state index in [1.807, 2.05) is 65.6 Å². The highest BCUT2D eigenvalue weighted by Gasteiger charge is 2.48. The molecule has 0 spiro atoms. The lowest BCUT2D eigenvalue weighted by Crippen LogP contribution is -2.52. The number of hydrogen-bond acceptors (Lipinski definition) is 5. The lowest BCUT2D eigenvalue weighted by molar-refractivity contribution is -0.139. The first-order chi connectivity index (χ1) is 16.8. The van der Waals surface area contributed by atoms with Gasteiger partial charge in [0.05, 0.1) is 6.54 Å². The van der Waals surface area contributed by atoms with Crippen molar-refractivity contribution in [3.8, 4) is 0 Å². The monoisotopic (exact) mass is 477 g/mol. The Morgan fingerprint density at radius 2 is 1.63 bits per heavy atom. The molecule has 0 bridgehead atoms. The fourth-order valence-electron chi connectivity index (χ4n) is 4.48. The van der Waals surface area contributed by atoms with Gasteiger partial charge < -0.3 is 10.6 Å². The highest BCUT2D eigenvalue weighted by Crippen LogP contribution is 2.23. The van der Waals surface area contributed by atoms with Crippen LogP contribution in [0.1, 0.15) is 31.7 Å². The van der Waals surface area contributed by atoms with Crippen molar-refractivity contribution in [2.24, 2.45) is 5.92 Å². The van der Waals surface area contributed by atoms with Crippen LogP contribution in [-0.2, 0) is 20.8 Å². The number of benzene rings is 2. The van der Waals surface area contributed by atoms with Gasteiger partial charge in [0.25, 0.3) is 11.8 Å². The molecule has 1 atom stereocenters. The van der Waals surface area contributed by atoms with Crippen molar-refractivity contribution in [1.82, 2.24) is 20.7 Å². The molecule has 184 valence electrons. The summed E-state index contributed by atoms with van der Waals surface area (Å²) in [5.41, 5.74) is 3.21. The number of piperidine rings is 1. The van der Waals surface area contributed by atoms with Crippen molar-refractivity contribution in [2.75, 3.05) is 25.0 Å². The third-order valence-corrected chi connectivity index (χ3v) is 6.62. The molecule has 35 heavy (non-hydrogen) atoms. The summed E-state index contributed by atoms with van der Waals surface area (Å²) in [4.78, 5) is 52.4. The Balaban J connectivity index is 1.23. The van der Waals surface area contributed by atoms with Crippen molar-refractivity contribution >= 4 is 29.4 Å². The minimum absolute atomic E-state index is 0.0191. The van der Waals surface area contributed by atoms with Crippen LogP contribution in [0.4, 0.5) is 10.5 Å². The molecule has 0 aromatic heterocycles. The van der Waals surface area contributed by atoms with Gasteiger partial charge in [-0.25, -0.2) is 4.79 Å². The van der Waals surface area contributed by atoms with Crippen LogP contribution in [0.5, 0.6) is 0 Å². The quantitative estimate of drug-likeness (QED) is 0.506. The summed E-state index contributed by atoms with van der Waals surface area (Å²) in [6, 6.07) is 18.4. The molecule has 2 aromatic rings. The molecule has 2 heterocycles. The highest BCUT2D eigenvalue weighted by atomic mass is 16.2. The number of nitrogens with zero attached hydrogens (tertiary/aromatic N) is 2. The standard InChI is InChI=1S/C26H31N5O4/c1-26(15-12-19-8-4-2-5-9-19)24(34)31(25(35)28-26)29-22(32)18-30-16-13-20(14-17-30)23(33)27-21-10-6-3-7-11-21/h2-11,20H,12-18H2,1H3,(H,27,33)(H,28,35)(H,29,32)/t26-/m1/s1. The first-order valence-electron chi connectivity index (χ1n) is 11.9. The Labute approximate surface area is 204 Å². The Kier molecular flexibility index (Phi) is 7.45. The zero-order valence-corrected chi connectivity index (χ0v) is 19.8. The number of anilines is 1. The van der Waals surface area contributed by atoms with Gasteiger partial charge in [0, 0.05) is 11.6 Å². The zero-order valence-electron chi connectivity index (χ0n) is 19.8. The maximum Gasteiger partial charge on any atom is 0.344 e. The molecule has 5 amide bonds. The van der Waals surface area contributed by atoms with Crippen LogP contribution in [0.15, 0.2) is 60.7 Å². The number of urea groups is 1. The van der Waals surface area contributed by atoms with E-state index in [2.05, 4.69) is 16.1 Å². The topological polar surface area (TPSA) is 111 Å². The van der Waals surface area contributed by atoms with E-state index in [-0.39, 0.29) is 18.4 Å². The second-order valence-corrected chi connectivity index (χ2v) is 9.33. The first kappa shape index (κ1) is 24.4. The van der Waals surface area contributed by atoms with E-state index in [1.54, 1.807) is 6.92 Å². The number of imide groups is 1. The largest absolute Gasteiger partial charge is 0.344 e. The van der Waals surface area contributed by atoms with Gasteiger partial charge >= 0.3 is 6.03 Å². The van der Waals surface area contributed by atoms with Crippen LogP contribution >= 0.6 is 0 Å². The minimum Gasteiger partial charge on any atom is -0.326 e. The van der Waals surface area contributed by atoms with Crippen LogP contribution in [0.2, 0.25) is 0 Å². The van der Waals surface area contributed by atoms with Gasteiger partial charge in [0.1, 0.15) is 5.54 Å². The van der Waals surface area contributed by atoms with Crippen LogP contribution < -0.4 is 16.1 Å². The summed E-state index contributed by atoms with van der Waals surface area (Å²) >= 11 is 0. The summed E-state index contributed by atoms with van der Waals surface area (Å²) in [5, 5.41) is 6.43. The zero-order chi connectivity index (χ0) is 24.8. The number of likely N-dealkylation sites (tertiary alicyclic amines) is 1. The smallest absolute Gasteiger partial charge is 0.326 e. The van der Waals surface area contributed by atoms with Gasteiger partial charge in [-0.15, -0.1) is 0 Å². The number of hydrogen-bond donors (Lipinski definition) is 3. The van der Waals surface area contributed by atoms with Crippen molar-refractivity contribution < 1.29 is 19.2 Å². The molecule has 0 unspecified atom stereocenters. The number of rotatable bonds is 8. The summed E-state index contributed by atoms with van der Waals surface area (Å²) in [6.07, 6.45) is 2.31. The van der Waals surface area contributed by atoms with E-state index in [4.69, 9.17) is 0 Å². The maximum absolute atomic E-state index is 12.9.